The molecule has 1 aliphatic rings. The van der Waals surface area contributed by atoms with E-state index in [2.05, 4.69) is 14.9 Å². The van der Waals surface area contributed by atoms with Gasteiger partial charge in [0.05, 0.1) is 5.69 Å². The highest BCUT2D eigenvalue weighted by Gasteiger charge is 2.16. The zero-order valence-corrected chi connectivity index (χ0v) is 10.2. The van der Waals surface area contributed by atoms with Gasteiger partial charge in [-0.15, -0.1) is 0 Å². The Morgan fingerprint density at radius 1 is 1.41 bits per heavy atom. The van der Waals surface area contributed by atoms with E-state index in [0.717, 1.165) is 31.7 Å². The second-order valence-corrected chi connectivity index (χ2v) is 4.61. The van der Waals surface area contributed by atoms with Crippen LogP contribution in [-0.2, 0) is 6.42 Å². The molecule has 1 aliphatic heterocycles. The van der Waals surface area contributed by atoms with E-state index < -0.39 is 5.97 Å². The molecule has 1 aromatic heterocycles. The molecule has 0 saturated carbocycles. The maximum atomic E-state index is 11.0. The predicted molar refractivity (Wildman–Crippen MR) is 64.3 cm³/mol. The predicted octanol–water partition coefficient (Wildman–Crippen LogP) is 1.44. The topological polar surface area (TPSA) is 69.2 Å². The molecule has 1 saturated heterocycles. The molecule has 0 aliphatic carbocycles. The molecule has 2 N–H and O–H groups in total. The van der Waals surface area contributed by atoms with Crippen molar-refractivity contribution in [1.29, 1.82) is 0 Å². The van der Waals surface area contributed by atoms with Crippen LogP contribution in [0.25, 0.3) is 0 Å². The molecule has 0 aromatic carbocycles. The number of carboxylic acids is 1. The van der Waals surface area contributed by atoms with Gasteiger partial charge in [0.1, 0.15) is 5.82 Å². The van der Waals surface area contributed by atoms with Crippen LogP contribution in [0.4, 0.5) is 0 Å². The lowest BCUT2D eigenvalue weighted by molar-refractivity contribution is 0.0689. The number of aromatic amines is 1. The number of nitrogens with one attached hydrogen (secondary N) is 1. The van der Waals surface area contributed by atoms with Crippen molar-refractivity contribution in [3.05, 3.63) is 17.2 Å². The fraction of sp³-hybridized carbons (Fsp3) is 0.667. The third-order valence-electron chi connectivity index (χ3n) is 3.23. The van der Waals surface area contributed by atoms with Gasteiger partial charge in [-0.25, -0.2) is 9.78 Å². The van der Waals surface area contributed by atoms with Gasteiger partial charge >= 0.3 is 5.97 Å². The number of carboxylic acid groups (broad SMARTS) is 1. The lowest BCUT2D eigenvalue weighted by Crippen LogP contribution is -2.31. The van der Waals surface area contributed by atoms with Gasteiger partial charge in [-0.05, 0) is 32.9 Å². The summed E-state index contributed by atoms with van der Waals surface area (Å²) in [5.41, 5.74) is 0.931. The van der Waals surface area contributed by atoms with Gasteiger partial charge in [0.2, 0.25) is 0 Å². The maximum Gasteiger partial charge on any atom is 0.356 e. The number of aryl methyl sites for hydroxylation is 1. The molecule has 2 heterocycles. The molecule has 0 amide bonds. The number of imidazole rings is 1. The first kappa shape index (κ1) is 12.1. The number of hydrogen-bond acceptors (Lipinski definition) is 3. The van der Waals surface area contributed by atoms with Crippen LogP contribution in [0.2, 0.25) is 0 Å². The Morgan fingerprint density at radius 3 is 2.76 bits per heavy atom. The lowest BCUT2D eigenvalue weighted by Gasteiger charge is -2.26. The van der Waals surface area contributed by atoms with E-state index >= 15 is 0 Å². The number of piperidine rings is 1. The smallest absolute Gasteiger partial charge is 0.356 e. The van der Waals surface area contributed by atoms with E-state index in [1.807, 2.05) is 0 Å². The van der Waals surface area contributed by atoms with Crippen LogP contribution in [-0.4, -0.2) is 45.6 Å². The Hall–Kier alpha value is -1.36. The molecule has 5 heteroatoms. The molecule has 94 valence electrons. The first-order valence-corrected chi connectivity index (χ1v) is 6.18. The van der Waals surface area contributed by atoms with Crippen LogP contribution < -0.4 is 0 Å². The molecule has 17 heavy (non-hydrogen) atoms. The molecule has 1 fully saturated rings. The van der Waals surface area contributed by atoms with Gasteiger partial charge in [0.25, 0.3) is 0 Å². The third-order valence-corrected chi connectivity index (χ3v) is 3.23. The summed E-state index contributed by atoms with van der Waals surface area (Å²) >= 11 is 0. The Labute approximate surface area is 101 Å². The molecule has 0 unspecified atom stereocenters. The minimum atomic E-state index is -0.942. The summed E-state index contributed by atoms with van der Waals surface area (Å²) in [5.74, 6) is -0.265. The number of aromatic nitrogens is 2. The number of nitrogens with zero attached hydrogens (tertiary/aromatic N) is 2. The van der Waals surface area contributed by atoms with E-state index in [4.69, 9.17) is 5.11 Å². The van der Waals surface area contributed by atoms with Crippen molar-refractivity contribution in [3.63, 3.8) is 0 Å². The fourth-order valence-corrected chi connectivity index (χ4v) is 2.35. The summed E-state index contributed by atoms with van der Waals surface area (Å²) in [4.78, 5) is 20.4. The Bertz CT molecular complexity index is 394. The van der Waals surface area contributed by atoms with Gasteiger partial charge in [-0.3, -0.25) is 0 Å². The van der Waals surface area contributed by atoms with Crippen molar-refractivity contribution >= 4 is 5.97 Å². The highest BCUT2D eigenvalue weighted by molar-refractivity contribution is 5.86. The van der Waals surface area contributed by atoms with Crippen LogP contribution in [0.15, 0.2) is 0 Å². The van der Waals surface area contributed by atoms with E-state index in [1.54, 1.807) is 6.92 Å². The molecular weight excluding hydrogens is 218 g/mol. The van der Waals surface area contributed by atoms with Crippen molar-refractivity contribution in [3.8, 4) is 0 Å². The maximum absolute atomic E-state index is 11.0. The average Bonchev–Trinajstić information content (AvgIpc) is 2.69. The minimum Gasteiger partial charge on any atom is -0.476 e. The van der Waals surface area contributed by atoms with E-state index in [1.165, 1.54) is 19.3 Å². The number of hydrogen-bond donors (Lipinski definition) is 2. The monoisotopic (exact) mass is 237 g/mol. The van der Waals surface area contributed by atoms with Crippen LogP contribution in [0, 0.1) is 6.92 Å². The number of carbonyl (C=O) groups is 1. The van der Waals surface area contributed by atoms with E-state index in [0.29, 0.717) is 5.82 Å². The fourth-order valence-electron chi connectivity index (χ4n) is 2.35. The summed E-state index contributed by atoms with van der Waals surface area (Å²) in [6.45, 7) is 4.98. The molecular formula is C12H19N3O2. The zero-order chi connectivity index (χ0) is 12.3. The number of likely N-dealkylation sites (tertiary alicyclic amines) is 1. The van der Waals surface area contributed by atoms with Gasteiger partial charge in [-0.1, -0.05) is 6.42 Å². The lowest BCUT2D eigenvalue weighted by atomic mass is 10.1. The minimum absolute atomic E-state index is 0.180. The van der Waals surface area contributed by atoms with Crippen molar-refractivity contribution in [2.45, 2.75) is 32.6 Å². The molecule has 0 atom stereocenters. The number of rotatable bonds is 4. The second kappa shape index (κ2) is 5.31. The summed E-state index contributed by atoms with van der Waals surface area (Å²) in [5, 5.41) is 9.02. The summed E-state index contributed by atoms with van der Waals surface area (Å²) in [6.07, 6.45) is 4.57. The van der Waals surface area contributed by atoms with Crippen LogP contribution in [0.3, 0.4) is 0 Å². The molecule has 5 nitrogen and oxygen atoms in total. The Kier molecular flexibility index (Phi) is 3.78. The number of aromatic carboxylic acids is 1. The van der Waals surface area contributed by atoms with E-state index in [9.17, 15) is 4.79 Å². The Morgan fingerprint density at radius 2 is 2.12 bits per heavy atom. The average molecular weight is 237 g/mol. The SMILES string of the molecule is Cc1nc(C(=O)O)c(CCN2CCCCC2)[nH]1. The van der Waals surface area contributed by atoms with Gasteiger partial charge in [0, 0.05) is 13.0 Å². The second-order valence-electron chi connectivity index (χ2n) is 4.61. The highest BCUT2D eigenvalue weighted by Crippen LogP contribution is 2.11. The van der Waals surface area contributed by atoms with Crippen LogP contribution in [0.1, 0.15) is 41.3 Å². The molecule has 1 aromatic rings. The highest BCUT2D eigenvalue weighted by atomic mass is 16.4. The summed E-state index contributed by atoms with van der Waals surface area (Å²) < 4.78 is 0. The van der Waals surface area contributed by atoms with Gasteiger partial charge < -0.3 is 15.0 Å². The van der Waals surface area contributed by atoms with Crippen molar-refractivity contribution in [2.24, 2.45) is 0 Å². The zero-order valence-electron chi connectivity index (χ0n) is 10.2. The largest absolute Gasteiger partial charge is 0.476 e. The van der Waals surface area contributed by atoms with Crippen molar-refractivity contribution < 1.29 is 9.90 Å². The van der Waals surface area contributed by atoms with Gasteiger partial charge in [0.15, 0.2) is 5.69 Å². The van der Waals surface area contributed by atoms with Crippen molar-refractivity contribution in [2.75, 3.05) is 19.6 Å². The number of H-pyrrole nitrogens is 1. The molecule has 2 rings (SSSR count). The van der Waals surface area contributed by atoms with Crippen molar-refractivity contribution in [1.82, 2.24) is 14.9 Å². The molecule has 0 bridgehead atoms. The Balaban J connectivity index is 1.95. The van der Waals surface area contributed by atoms with E-state index in [-0.39, 0.29) is 5.69 Å². The summed E-state index contributed by atoms with van der Waals surface area (Å²) in [7, 11) is 0. The standard InChI is InChI=1S/C12H19N3O2/c1-9-13-10(11(14-9)12(16)17)5-8-15-6-3-2-4-7-15/h2-8H2,1H3,(H,13,14)(H,16,17). The third kappa shape index (κ3) is 3.06. The van der Waals surface area contributed by atoms with Crippen LogP contribution >= 0.6 is 0 Å². The molecule has 0 radical (unpaired) electrons. The quantitative estimate of drug-likeness (QED) is 0.831. The molecule has 0 spiro atoms. The normalized spacial score (nSPS) is 17.2. The first-order chi connectivity index (χ1) is 8.16. The first-order valence-electron chi connectivity index (χ1n) is 6.18. The van der Waals surface area contributed by atoms with Gasteiger partial charge in [-0.2, -0.15) is 0 Å². The van der Waals surface area contributed by atoms with Crippen LogP contribution in [0.5, 0.6) is 0 Å². The summed E-state index contributed by atoms with van der Waals surface area (Å²) in [6, 6.07) is 0.